The molecule has 0 saturated heterocycles. The molecule has 0 saturated carbocycles. The van der Waals surface area contributed by atoms with Crippen molar-refractivity contribution >= 4 is 67.9 Å². The van der Waals surface area contributed by atoms with Crippen molar-refractivity contribution in [2.75, 3.05) is 5.32 Å². The van der Waals surface area contributed by atoms with Crippen LogP contribution in [0.5, 0.6) is 0 Å². The minimum atomic E-state index is 0.224. The minimum Gasteiger partial charge on any atom is -0.337 e. The summed E-state index contributed by atoms with van der Waals surface area (Å²) in [5.74, 6) is 0.675. The molecule has 0 atom stereocenters. The molecule has 0 spiro atoms. The summed E-state index contributed by atoms with van der Waals surface area (Å²) in [7, 11) is 0. The van der Waals surface area contributed by atoms with Crippen molar-refractivity contribution in [1.29, 1.82) is 0 Å². The van der Waals surface area contributed by atoms with Gasteiger partial charge in [0.05, 0.1) is 21.1 Å². The molecule has 1 aliphatic rings. The summed E-state index contributed by atoms with van der Waals surface area (Å²) in [4.78, 5) is 11.1. The van der Waals surface area contributed by atoms with Gasteiger partial charge in [0.25, 0.3) is 0 Å². The van der Waals surface area contributed by atoms with E-state index in [1.807, 2.05) is 6.07 Å². The number of aromatic nitrogens is 2. The van der Waals surface area contributed by atoms with Gasteiger partial charge in [-0.05, 0) is 55.0 Å². The predicted octanol–water partition coefficient (Wildman–Crippen LogP) is 6.27. The van der Waals surface area contributed by atoms with Crippen LogP contribution in [0.4, 0.5) is 11.5 Å². The monoisotopic (exact) mass is 383 g/mol. The normalized spacial score (nSPS) is 14.0. The van der Waals surface area contributed by atoms with Crippen LogP contribution in [0.15, 0.2) is 18.2 Å². The molecule has 0 unspecified atom stereocenters. The molecule has 0 radical (unpaired) electrons. The number of nitrogens with zero attached hydrogens (tertiary/aromatic N) is 2. The van der Waals surface area contributed by atoms with Crippen LogP contribution >= 0.6 is 46.1 Å². The molecule has 0 fully saturated rings. The SMILES string of the molecule is Clc1nc(Nc2c(Cl)cccc2Cl)c2c3c(sc2n1)CCCC3. The highest BCUT2D eigenvalue weighted by Gasteiger charge is 2.21. The molecule has 4 rings (SSSR count). The van der Waals surface area contributed by atoms with Crippen LogP contribution in [-0.4, -0.2) is 9.97 Å². The zero-order valence-corrected chi connectivity index (χ0v) is 15.1. The van der Waals surface area contributed by atoms with Crippen LogP contribution in [0.2, 0.25) is 15.3 Å². The van der Waals surface area contributed by atoms with E-state index in [0.29, 0.717) is 21.6 Å². The van der Waals surface area contributed by atoms with Crippen LogP contribution in [0.25, 0.3) is 10.2 Å². The number of hydrogen-bond acceptors (Lipinski definition) is 4. The lowest BCUT2D eigenvalue weighted by atomic mass is 9.97. The fraction of sp³-hybridized carbons (Fsp3) is 0.250. The molecule has 1 N–H and O–H groups in total. The molecule has 3 nitrogen and oxygen atoms in total. The highest BCUT2D eigenvalue weighted by Crippen LogP contribution is 2.41. The first-order valence-electron chi connectivity index (χ1n) is 7.32. The first-order valence-corrected chi connectivity index (χ1v) is 9.27. The molecule has 7 heteroatoms. The van der Waals surface area contributed by atoms with E-state index in [1.54, 1.807) is 23.5 Å². The molecule has 23 heavy (non-hydrogen) atoms. The zero-order chi connectivity index (χ0) is 16.0. The summed E-state index contributed by atoms with van der Waals surface area (Å²) >= 11 is 20.4. The molecule has 1 aliphatic carbocycles. The van der Waals surface area contributed by atoms with Gasteiger partial charge in [0.2, 0.25) is 5.28 Å². The Labute approximate surface area is 152 Å². The lowest BCUT2D eigenvalue weighted by Gasteiger charge is -2.14. The number of nitrogens with one attached hydrogen (secondary N) is 1. The van der Waals surface area contributed by atoms with Crippen molar-refractivity contribution in [3.05, 3.63) is 44.0 Å². The largest absolute Gasteiger partial charge is 0.337 e. The van der Waals surface area contributed by atoms with Gasteiger partial charge in [-0.15, -0.1) is 11.3 Å². The van der Waals surface area contributed by atoms with Crippen molar-refractivity contribution < 1.29 is 0 Å². The van der Waals surface area contributed by atoms with Gasteiger partial charge in [-0.2, -0.15) is 4.98 Å². The number of para-hydroxylation sites is 1. The van der Waals surface area contributed by atoms with Gasteiger partial charge in [0.15, 0.2) is 0 Å². The van der Waals surface area contributed by atoms with Gasteiger partial charge >= 0.3 is 0 Å². The molecule has 2 aromatic heterocycles. The Morgan fingerprint density at radius 1 is 1.00 bits per heavy atom. The Balaban J connectivity index is 1.91. The third-order valence-corrected chi connectivity index (χ3v) is 5.98. The van der Waals surface area contributed by atoms with Crippen LogP contribution in [-0.2, 0) is 12.8 Å². The number of aryl methyl sites for hydroxylation is 2. The molecule has 0 bridgehead atoms. The number of benzene rings is 1. The third-order valence-electron chi connectivity index (χ3n) is 3.99. The Kier molecular flexibility index (Phi) is 4.10. The van der Waals surface area contributed by atoms with Gasteiger partial charge in [0, 0.05) is 4.88 Å². The minimum absolute atomic E-state index is 0.224. The molecule has 1 aromatic carbocycles. The predicted molar refractivity (Wildman–Crippen MR) is 98.8 cm³/mol. The Hall–Kier alpha value is -1.07. The Morgan fingerprint density at radius 2 is 1.74 bits per heavy atom. The first-order chi connectivity index (χ1) is 11.1. The van der Waals surface area contributed by atoms with Crippen molar-refractivity contribution in [3.63, 3.8) is 0 Å². The van der Waals surface area contributed by atoms with Gasteiger partial charge in [-0.3, -0.25) is 0 Å². The summed E-state index contributed by atoms with van der Waals surface area (Å²) in [6, 6.07) is 5.39. The highest BCUT2D eigenvalue weighted by atomic mass is 35.5. The van der Waals surface area contributed by atoms with Crippen LogP contribution in [0, 0.1) is 0 Å². The maximum atomic E-state index is 6.27. The Morgan fingerprint density at radius 3 is 2.52 bits per heavy atom. The van der Waals surface area contributed by atoms with Gasteiger partial charge < -0.3 is 5.32 Å². The first kappa shape index (κ1) is 15.5. The van der Waals surface area contributed by atoms with Crippen LogP contribution < -0.4 is 5.32 Å². The van der Waals surface area contributed by atoms with E-state index in [1.165, 1.54) is 23.3 Å². The van der Waals surface area contributed by atoms with Crippen molar-refractivity contribution in [1.82, 2.24) is 9.97 Å². The number of rotatable bonds is 2. The van der Waals surface area contributed by atoms with E-state index < -0.39 is 0 Å². The standard InChI is InChI=1S/C16H12Cl3N3S/c17-9-5-3-6-10(18)13(9)20-14-12-8-4-1-2-7-11(8)23-15(12)22-16(19)21-14/h3,5-6H,1-2,4,7H2,(H,20,21,22). The topological polar surface area (TPSA) is 37.8 Å². The molecule has 118 valence electrons. The highest BCUT2D eigenvalue weighted by molar-refractivity contribution is 7.19. The number of anilines is 2. The summed E-state index contributed by atoms with van der Waals surface area (Å²) in [6.07, 6.45) is 4.55. The smallest absolute Gasteiger partial charge is 0.225 e. The Bertz CT molecular complexity index is 887. The number of halogens is 3. The van der Waals surface area contributed by atoms with Crippen molar-refractivity contribution in [3.8, 4) is 0 Å². The average molecular weight is 385 g/mol. The van der Waals surface area contributed by atoms with E-state index in [-0.39, 0.29) is 5.28 Å². The van der Waals surface area contributed by atoms with E-state index in [9.17, 15) is 0 Å². The summed E-state index contributed by atoms with van der Waals surface area (Å²) < 4.78 is 0. The molecular weight excluding hydrogens is 373 g/mol. The average Bonchev–Trinajstić information content (AvgIpc) is 2.89. The number of fused-ring (bicyclic) bond motifs is 3. The fourth-order valence-electron chi connectivity index (χ4n) is 2.96. The van der Waals surface area contributed by atoms with Gasteiger partial charge in [-0.25, -0.2) is 4.98 Å². The second kappa shape index (κ2) is 6.10. The number of hydrogen-bond donors (Lipinski definition) is 1. The fourth-order valence-corrected chi connectivity index (χ4v) is 4.93. The van der Waals surface area contributed by atoms with Gasteiger partial charge in [-0.1, -0.05) is 29.3 Å². The number of thiophene rings is 1. The maximum Gasteiger partial charge on any atom is 0.225 e. The quantitative estimate of drug-likeness (QED) is 0.529. The van der Waals surface area contributed by atoms with Crippen molar-refractivity contribution in [2.45, 2.75) is 25.7 Å². The van der Waals surface area contributed by atoms with E-state index in [4.69, 9.17) is 34.8 Å². The molecule has 0 amide bonds. The van der Waals surface area contributed by atoms with Crippen LogP contribution in [0.3, 0.4) is 0 Å². The summed E-state index contributed by atoms with van der Waals surface area (Å²) in [5, 5.41) is 5.63. The van der Waals surface area contributed by atoms with Crippen molar-refractivity contribution in [2.24, 2.45) is 0 Å². The molecule has 2 heterocycles. The van der Waals surface area contributed by atoms with Crippen LogP contribution in [0.1, 0.15) is 23.3 Å². The second-order valence-electron chi connectivity index (χ2n) is 5.45. The second-order valence-corrected chi connectivity index (χ2v) is 7.69. The van der Waals surface area contributed by atoms with E-state index in [2.05, 4.69) is 15.3 Å². The zero-order valence-electron chi connectivity index (χ0n) is 12.0. The molecular formula is C16H12Cl3N3S. The summed E-state index contributed by atoms with van der Waals surface area (Å²) in [5.41, 5.74) is 1.97. The lowest BCUT2D eigenvalue weighted by molar-refractivity contribution is 0.700. The van der Waals surface area contributed by atoms with Gasteiger partial charge in [0.1, 0.15) is 10.6 Å². The van der Waals surface area contributed by atoms with E-state index in [0.717, 1.165) is 23.1 Å². The molecule has 0 aliphatic heterocycles. The lowest BCUT2D eigenvalue weighted by Crippen LogP contribution is -2.02. The third kappa shape index (κ3) is 2.78. The molecule has 3 aromatic rings. The maximum absolute atomic E-state index is 6.27. The summed E-state index contributed by atoms with van der Waals surface area (Å²) in [6.45, 7) is 0. The van der Waals surface area contributed by atoms with E-state index >= 15 is 0 Å².